The van der Waals surface area contributed by atoms with Gasteiger partial charge in [-0.1, -0.05) is 36.8 Å². The molecule has 2 aliphatic rings. The van der Waals surface area contributed by atoms with Crippen molar-refractivity contribution < 1.29 is 27.0 Å². The Hall–Kier alpha value is -3.74. The van der Waals surface area contributed by atoms with Crippen LogP contribution in [-0.2, 0) is 16.6 Å². The van der Waals surface area contributed by atoms with Crippen molar-refractivity contribution in [1.82, 2.24) is 14.3 Å². The molecule has 2 aliphatic heterocycles. The number of ether oxygens (including phenoxy) is 3. The number of halogens is 1. The second-order valence-corrected chi connectivity index (χ2v) is 13.1. The number of rotatable bonds is 9. The minimum absolute atomic E-state index is 0.0941. The normalized spacial score (nSPS) is 18.9. The predicted octanol–water partition coefficient (Wildman–Crippen LogP) is 6.14. The summed E-state index contributed by atoms with van der Waals surface area (Å²) in [6.07, 6.45) is 5.15. The molecule has 1 aromatic heterocycles. The van der Waals surface area contributed by atoms with Gasteiger partial charge in [0.1, 0.15) is 34.3 Å². The van der Waals surface area contributed by atoms with E-state index in [0.717, 1.165) is 41.6 Å². The lowest BCUT2D eigenvalue weighted by Gasteiger charge is -2.43. The third kappa shape index (κ3) is 5.78. The summed E-state index contributed by atoms with van der Waals surface area (Å²) >= 11 is 0.905. The maximum absolute atomic E-state index is 16.1. The third-order valence-electron chi connectivity index (χ3n) is 8.14. The molecule has 9 nitrogen and oxygen atoms in total. The van der Waals surface area contributed by atoms with Gasteiger partial charge in [0.15, 0.2) is 0 Å². The molecule has 2 unspecified atom stereocenters. The van der Waals surface area contributed by atoms with E-state index in [1.165, 1.54) is 38.2 Å². The number of hydrogen-bond donors (Lipinski definition) is 0. The van der Waals surface area contributed by atoms with Crippen LogP contribution in [0.25, 0.3) is 0 Å². The molecule has 0 bridgehead atoms. The first kappa shape index (κ1) is 29.3. The second-order valence-electron chi connectivity index (χ2n) is 10.5. The molecule has 0 radical (unpaired) electrons. The van der Waals surface area contributed by atoms with E-state index < -0.39 is 20.7 Å². The van der Waals surface area contributed by atoms with Crippen LogP contribution in [0.2, 0.25) is 0 Å². The van der Waals surface area contributed by atoms with Gasteiger partial charge in [0, 0.05) is 53.3 Å². The van der Waals surface area contributed by atoms with Gasteiger partial charge in [-0.3, -0.25) is 4.90 Å². The summed E-state index contributed by atoms with van der Waals surface area (Å²) in [4.78, 5) is 6.10. The largest absolute Gasteiger partial charge is 0.497 e. The molecule has 2 atom stereocenters. The lowest BCUT2D eigenvalue weighted by atomic mass is 9.89. The molecule has 0 amide bonds. The topological polar surface area (TPSA) is 94.1 Å². The summed E-state index contributed by atoms with van der Waals surface area (Å²) < 4.78 is 66.2. The van der Waals surface area contributed by atoms with Gasteiger partial charge in [0.25, 0.3) is 10.0 Å². The van der Waals surface area contributed by atoms with Crippen LogP contribution in [0.1, 0.15) is 54.5 Å². The van der Waals surface area contributed by atoms with E-state index in [4.69, 9.17) is 14.2 Å². The van der Waals surface area contributed by atoms with Gasteiger partial charge in [0.05, 0.1) is 27.4 Å². The molecule has 0 N–H and O–H groups in total. The van der Waals surface area contributed by atoms with Crippen molar-refractivity contribution in [3.05, 3.63) is 89.5 Å². The van der Waals surface area contributed by atoms with E-state index in [1.54, 1.807) is 18.2 Å². The average Bonchev–Trinajstić information content (AvgIpc) is 3.58. The first-order valence-corrected chi connectivity index (χ1v) is 16.4. The van der Waals surface area contributed by atoms with E-state index >= 15 is 4.39 Å². The van der Waals surface area contributed by atoms with Gasteiger partial charge in [-0.25, -0.2) is 22.1 Å². The number of methoxy groups -OCH3 is 2. The van der Waals surface area contributed by atoms with E-state index in [2.05, 4.69) is 26.4 Å². The quantitative estimate of drug-likeness (QED) is 0.219. The van der Waals surface area contributed by atoms with Gasteiger partial charge < -0.3 is 14.2 Å². The highest BCUT2D eigenvalue weighted by molar-refractivity contribution is 7.93. The Balaban J connectivity index is 1.37. The van der Waals surface area contributed by atoms with Crippen LogP contribution in [0, 0.1) is 5.82 Å². The van der Waals surface area contributed by atoms with Crippen molar-refractivity contribution >= 4 is 26.7 Å². The molecule has 3 aromatic carbocycles. The first-order valence-electron chi connectivity index (χ1n) is 14.2. The Labute approximate surface area is 255 Å². The summed E-state index contributed by atoms with van der Waals surface area (Å²) in [6.45, 7) is 1.13. The fraction of sp³-hybridized carbons (Fsp3) is 0.355. The zero-order valence-electron chi connectivity index (χ0n) is 24.0. The molecule has 3 heterocycles. The molecule has 1 fully saturated rings. The zero-order chi connectivity index (χ0) is 30.0. The zero-order valence-corrected chi connectivity index (χ0v) is 25.6. The Morgan fingerprint density at radius 1 is 1.05 bits per heavy atom. The van der Waals surface area contributed by atoms with Crippen molar-refractivity contribution in [3.8, 4) is 17.2 Å². The number of piperidine rings is 1. The Morgan fingerprint density at radius 3 is 2.63 bits per heavy atom. The summed E-state index contributed by atoms with van der Waals surface area (Å²) in [6, 6.07) is 18.2. The fourth-order valence-corrected chi connectivity index (χ4v) is 8.26. The van der Waals surface area contributed by atoms with Crippen molar-refractivity contribution in [2.45, 2.75) is 49.2 Å². The van der Waals surface area contributed by atoms with Crippen LogP contribution in [0.4, 0.5) is 9.52 Å². The van der Waals surface area contributed by atoms with Gasteiger partial charge >= 0.3 is 0 Å². The van der Waals surface area contributed by atoms with E-state index in [-0.39, 0.29) is 23.8 Å². The molecule has 43 heavy (non-hydrogen) atoms. The molecule has 12 heteroatoms. The Bertz CT molecular complexity index is 1670. The van der Waals surface area contributed by atoms with E-state index in [0.29, 0.717) is 41.4 Å². The molecule has 0 spiro atoms. The summed E-state index contributed by atoms with van der Waals surface area (Å²) in [5.74, 6) is 0.531. The lowest BCUT2D eigenvalue weighted by molar-refractivity contribution is 0.0665. The fourth-order valence-electron chi connectivity index (χ4n) is 6.06. The molecular weight excluding hydrogens is 591 g/mol. The minimum atomic E-state index is -4.44. The van der Waals surface area contributed by atoms with Gasteiger partial charge in [-0.05, 0) is 43.1 Å². The smallest absolute Gasteiger partial charge is 0.269 e. The van der Waals surface area contributed by atoms with Gasteiger partial charge in [0.2, 0.25) is 5.13 Å². The number of nitrogens with zero attached hydrogens (tertiary/aromatic N) is 4. The van der Waals surface area contributed by atoms with Crippen LogP contribution in [-0.4, -0.2) is 50.0 Å². The van der Waals surface area contributed by atoms with Crippen LogP contribution < -0.4 is 18.5 Å². The van der Waals surface area contributed by atoms with Gasteiger partial charge in [-0.15, -0.1) is 0 Å². The molecule has 1 saturated heterocycles. The van der Waals surface area contributed by atoms with E-state index in [1.807, 2.05) is 18.2 Å². The second kappa shape index (κ2) is 12.5. The van der Waals surface area contributed by atoms with Crippen molar-refractivity contribution in [3.63, 3.8) is 0 Å². The molecular formula is C31H33FN4O5S2. The standard InChI is InChI=1S/C31H33FN4O5S2/c1-39-23-12-11-22(28(16-23)40-2)19-36(31-33-20-34-42-31)43(37,38)30-18-29-24(17-25(30)32)27(13-15-41-29)35-14-7-6-10-26(35)21-8-4-3-5-9-21/h3-5,8-9,11-12,16-18,20,26-27H,6-7,10,13-15,19H2,1-2H3. The first-order chi connectivity index (χ1) is 20.9. The molecule has 0 aliphatic carbocycles. The minimum Gasteiger partial charge on any atom is -0.497 e. The lowest BCUT2D eigenvalue weighted by Crippen LogP contribution is -2.39. The Kier molecular flexibility index (Phi) is 8.51. The summed E-state index contributed by atoms with van der Waals surface area (Å²) in [7, 11) is -1.41. The summed E-state index contributed by atoms with van der Waals surface area (Å²) in [5, 5.41) is 0.104. The molecule has 226 valence electrons. The number of sulfonamides is 1. The van der Waals surface area contributed by atoms with Crippen LogP contribution >= 0.6 is 11.5 Å². The number of aromatic nitrogens is 2. The maximum atomic E-state index is 16.1. The van der Waals surface area contributed by atoms with Gasteiger partial charge in [-0.2, -0.15) is 4.37 Å². The molecule has 6 rings (SSSR count). The highest BCUT2D eigenvalue weighted by Crippen LogP contribution is 2.45. The Morgan fingerprint density at radius 2 is 1.88 bits per heavy atom. The van der Waals surface area contributed by atoms with Crippen LogP contribution in [0.15, 0.2) is 71.9 Å². The monoisotopic (exact) mass is 624 g/mol. The van der Waals surface area contributed by atoms with Crippen molar-refractivity contribution in [2.75, 3.05) is 31.7 Å². The maximum Gasteiger partial charge on any atom is 0.269 e. The summed E-state index contributed by atoms with van der Waals surface area (Å²) in [5.41, 5.74) is 2.45. The van der Waals surface area contributed by atoms with Crippen molar-refractivity contribution in [2.24, 2.45) is 0 Å². The van der Waals surface area contributed by atoms with Crippen molar-refractivity contribution in [1.29, 1.82) is 0 Å². The number of benzene rings is 3. The molecule has 4 aromatic rings. The van der Waals surface area contributed by atoms with Crippen LogP contribution in [0.5, 0.6) is 17.2 Å². The number of fused-ring (bicyclic) bond motifs is 1. The van der Waals surface area contributed by atoms with E-state index in [9.17, 15) is 8.42 Å². The third-order valence-corrected chi connectivity index (χ3v) is 10.7. The highest BCUT2D eigenvalue weighted by atomic mass is 32.2. The van der Waals surface area contributed by atoms with Crippen LogP contribution in [0.3, 0.4) is 0 Å². The molecule has 0 saturated carbocycles. The number of likely N-dealkylation sites (tertiary alicyclic amines) is 1. The predicted molar refractivity (Wildman–Crippen MR) is 162 cm³/mol. The number of anilines is 1. The highest BCUT2D eigenvalue weighted by Gasteiger charge is 2.37. The SMILES string of the molecule is COc1ccc(CN(c2ncns2)S(=O)(=O)c2cc3c(cc2F)C(N2CCCCC2c2ccccc2)CCO3)c(OC)c1. The average molecular weight is 625 g/mol. The number of hydrogen-bond acceptors (Lipinski definition) is 9.